The van der Waals surface area contributed by atoms with Crippen LogP contribution < -0.4 is 4.74 Å². The fourth-order valence-electron chi connectivity index (χ4n) is 5.96. The number of thioether (sulfide) groups is 1. The molecule has 0 N–H and O–H groups in total. The van der Waals surface area contributed by atoms with Gasteiger partial charge in [-0.05, 0) is 85.3 Å². The maximum Gasteiger partial charge on any atom is 0.286 e. The molecule has 4 aromatic carbocycles. The van der Waals surface area contributed by atoms with Crippen molar-refractivity contribution in [1.29, 1.82) is 0 Å². The maximum atomic E-state index is 13.2. The van der Waals surface area contributed by atoms with Crippen molar-refractivity contribution < 1.29 is 9.53 Å². The molecule has 3 heterocycles. The van der Waals surface area contributed by atoms with E-state index in [9.17, 15) is 4.79 Å². The third-order valence-electron chi connectivity index (χ3n) is 8.54. The first-order valence-electron chi connectivity index (χ1n) is 15.8. The SMILES string of the molecule is Cc1ccc(COc2cccc(-c3nn(-c4ccccc4)cc3/C=C3\SC(N4CCC(Cc5ccccc5)CC4)=NC3=O)c2)cc1. The molecule has 230 valence electrons. The summed E-state index contributed by atoms with van der Waals surface area (Å²) < 4.78 is 8.03. The van der Waals surface area contributed by atoms with Gasteiger partial charge in [-0.15, -0.1) is 0 Å². The zero-order valence-electron chi connectivity index (χ0n) is 25.9. The number of nitrogens with zero attached hydrogens (tertiary/aromatic N) is 4. The van der Waals surface area contributed by atoms with Crippen molar-refractivity contribution in [2.75, 3.05) is 13.1 Å². The van der Waals surface area contributed by atoms with E-state index < -0.39 is 0 Å². The van der Waals surface area contributed by atoms with Gasteiger partial charge in [-0.1, -0.05) is 90.5 Å². The van der Waals surface area contributed by atoms with Crippen molar-refractivity contribution in [1.82, 2.24) is 14.7 Å². The first kappa shape index (κ1) is 29.8. The number of likely N-dealkylation sites (tertiary alicyclic amines) is 1. The standard InChI is InChI=1S/C39H36N4O2S/c1-28-15-17-31(18-16-28)27-45-35-14-8-11-32(24-35)37-33(26-43(41-37)34-12-6-3-7-13-34)25-36-38(44)40-39(46-36)42-21-19-30(20-22-42)23-29-9-4-2-5-10-29/h2-18,24-26,30H,19-23,27H2,1H3/b36-25-. The predicted octanol–water partition coefficient (Wildman–Crippen LogP) is 8.35. The molecule has 6 nitrogen and oxygen atoms in total. The zero-order valence-corrected chi connectivity index (χ0v) is 26.7. The molecular weight excluding hydrogens is 589 g/mol. The van der Waals surface area contributed by atoms with Crippen molar-refractivity contribution >= 4 is 28.9 Å². The van der Waals surface area contributed by atoms with Gasteiger partial charge in [-0.2, -0.15) is 10.1 Å². The molecule has 1 saturated heterocycles. The van der Waals surface area contributed by atoms with Crippen LogP contribution in [0.25, 0.3) is 23.0 Å². The Morgan fingerprint density at radius 3 is 2.37 bits per heavy atom. The maximum absolute atomic E-state index is 13.2. The summed E-state index contributed by atoms with van der Waals surface area (Å²) in [6.07, 6.45) is 7.21. The number of aryl methyl sites for hydroxylation is 1. The lowest BCUT2D eigenvalue weighted by atomic mass is 9.90. The molecule has 1 aromatic heterocycles. The molecule has 2 aliphatic rings. The van der Waals surface area contributed by atoms with Crippen LogP contribution >= 0.6 is 11.8 Å². The van der Waals surface area contributed by atoms with Gasteiger partial charge in [-0.3, -0.25) is 4.79 Å². The van der Waals surface area contributed by atoms with Gasteiger partial charge >= 0.3 is 0 Å². The van der Waals surface area contributed by atoms with Crippen LogP contribution in [0.2, 0.25) is 0 Å². The molecule has 7 heteroatoms. The Hall–Kier alpha value is -4.88. The minimum atomic E-state index is -0.194. The Balaban J connectivity index is 1.10. The van der Waals surface area contributed by atoms with Crippen LogP contribution in [0.5, 0.6) is 5.75 Å². The van der Waals surface area contributed by atoms with Crippen LogP contribution in [0, 0.1) is 12.8 Å². The summed E-state index contributed by atoms with van der Waals surface area (Å²) in [5, 5.41) is 5.79. The minimum Gasteiger partial charge on any atom is -0.489 e. The Morgan fingerprint density at radius 1 is 0.870 bits per heavy atom. The summed E-state index contributed by atoms with van der Waals surface area (Å²) in [6, 6.07) is 37.1. The first-order chi connectivity index (χ1) is 22.6. The van der Waals surface area contributed by atoms with Gasteiger partial charge in [0.2, 0.25) is 0 Å². The lowest BCUT2D eigenvalue weighted by molar-refractivity contribution is -0.113. The van der Waals surface area contributed by atoms with Crippen LogP contribution in [-0.4, -0.2) is 38.8 Å². The molecule has 46 heavy (non-hydrogen) atoms. The van der Waals surface area contributed by atoms with Crippen molar-refractivity contribution in [3.8, 4) is 22.7 Å². The smallest absolute Gasteiger partial charge is 0.286 e. The average Bonchev–Trinajstić information content (AvgIpc) is 3.69. The number of aliphatic imine (C=N–C) groups is 1. The second-order valence-corrected chi connectivity index (χ2v) is 13.0. The van der Waals surface area contributed by atoms with Gasteiger partial charge in [0.1, 0.15) is 18.1 Å². The molecular formula is C39H36N4O2S. The van der Waals surface area contributed by atoms with Crippen LogP contribution in [-0.2, 0) is 17.8 Å². The second kappa shape index (κ2) is 13.6. The highest BCUT2D eigenvalue weighted by Gasteiger charge is 2.29. The largest absolute Gasteiger partial charge is 0.489 e. The number of aromatic nitrogens is 2. The molecule has 2 aliphatic heterocycles. The monoisotopic (exact) mass is 624 g/mol. The molecule has 0 radical (unpaired) electrons. The van der Waals surface area contributed by atoms with Gasteiger partial charge in [-0.25, -0.2) is 4.68 Å². The van der Waals surface area contributed by atoms with Gasteiger partial charge in [0.05, 0.1) is 10.6 Å². The average molecular weight is 625 g/mol. The van der Waals surface area contributed by atoms with Gasteiger partial charge in [0, 0.05) is 30.4 Å². The number of carbonyl (C=O) groups excluding carboxylic acids is 1. The molecule has 0 saturated carbocycles. The van der Waals surface area contributed by atoms with Gasteiger partial charge in [0.25, 0.3) is 5.91 Å². The number of benzene rings is 4. The molecule has 1 amide bonds. The van der Waals surface area contributed by atoms with Crippen molar-refractivity contribution in [3.63, 3.8) is 0 Å². The van der Waals surface area contributed by atoms with Gasteiger partial charge in [0.15, 0.2) is 5.17 Å². The predicted molar refractivity (Wildman–Crippen MR) is 187 cm³/mol. The summed E-state index contributed by atoms with van der Waals surface area (Å²) in [7, 11) is 0. The van der Waals surface area contributed by atoms with Crippen LogP contribution in [0.3, 0.4) is 0 Å². The van der Waals surface area contributed by atoms with Crippen molar-refractivity contribution in [3.05, 3.63) is 143 Å². The fraction of sp³-hybridized carbons (Fsp3) is 0.205. The summed E-state index contributed by atoms with van der Waals surface area (Å²) in [4.78, 5) is 20.6. The normalized spacial score (nSPS) is 16.2. The van der Waals surface area contributed by atoms with E-state index >= 15 is 0 Å². The number of hydrogen-bond donors (Lipinski definition) is 0. The van der Waals surface area contributed by atoms with E-state index in [1.54, 1.807) is 0 Å². The van der Waals surface area contributed by atoms with E-state index in [0.717, 1.165) is 71.3 Å². The van der Waals surface area contributed by atoms with E-state index in [1.165, 1.54) is 22.9 Å². The third-order valence-corrected chi connectivity index (χ3v) is 9.59. The number of hydrogen-bond acceptors (Lipinski definition) is 5. The summed E-state index contributed by atoms with van der Waals surface area (Å²) in [5.41, 5.74) is 7.23. The van der Waals surface area contributed by atoms with E-state index in [4.69, 9.17) is 9.84 Å². The van der Waals surface area contributed by atoms with Crippen molar-refractivity contribution in [2.24, 2.45) is 10.9 Å². The number of carbonyl (C=O) groups is 1. The minimum absolute atomic E-state index is 0.194. The lowest BCUT2D eigenvalue weighted by Gasteiger charge is -2.32. The third kappa shape index (κ3) is 7.00. The van der Waals surface area contributed by atoms with Crippen LogP contribution in [0.1, 0.15) is 35.1 Å². The van der Waals surface area contributed by atoms with E-state index in [0.29, 0.717) is 17.4 Å². The van der Waals surface area contributed by atoms with E-state index in [-0.39, 0.29) is 5.91 Å². The molecule has 0 atom stereocenters. The fourth-order valence-corrected chi connectivity index (χ4v) is 6.92. The highest BCUT2D eigenvalue weighted by molar-refractivity contribution is 8.18. The number of rotatable bonds is 8. The topological polar surface area (TPSA) is 59.7 Å². The van der Waals surface area contributed by atoms with E-state index in [2.05, 4.69) is 71.4 Å². The molecule has 0 unspecified atom stereocenters. The molecule has 0 spiro atoms. The Morgan fingerprint density at radius 2 is 1.61 bits per heavy atom. The van der Waals surface area contributed by atoms with Crippen molar-refractivity contribution in [2.45, 2.75) is 32.8 Å². The lowest BCUT2D eigenvalue weighted by Crippen LogP contribution is -2.37. The number of para-hydroxylation sites is 1. The van der Waals surface area contributed by atoms with Crippen LogP contribution in [0.15, 0.2) is 125 Å². The Bertz CT molecular complexity index is 1870. The number of amidine groups is 1. The number of ether oxygens (including phenoxy) is 1. The zero-order chi connectivity index (χ0) is 31.3. The Labute approximate surface area is 274 Å². The molecule has 0 aliphatic carbocycles. The highest BCUT2D eigenvalue weighted by atomic mass is 32.2. The highest BCUT2D eigenvalue weighted by Crippen LogP contribution is 2.35. The molecule has 7 rings (SSSR count). The first-order valence-corrected chi connectivity index (χ1v) is 16.6. The summed E-state index contributed by atoms with van der Waals surface area (Å²) in [6.45, 7) is 4.39. The van der Waals surface area contributed by atoms with E-state index in [1.807, 2.05) is 71.6 Å². The number of amides is 1. The van der Waals surface area contributed by atoms with Gasteiger partial charge < -0.3 is 9.64 Å². The summed E-state index contributed by atoms with van der Waals surface area (Å²) in [5.74, 6) is 1.22. The molecule has 0 bridgehead atoms. The number of piperidine rings is 1. The Kier molecular flexibility index (Phi) is 8.83. The molecule has 5 aromatic rings. The quantitative estimate of drug-likeness (QED) is 0.162. The summed E-state index contributed by atoms with van der Waals surface area (Å²) >= 11 is 1.47. The molecule has 1 fully saturated rings. The van der Waals surface area contributed by atoms with Crippen LogP contribution in [0.4, 0.5) is 0 Å². The second-order valence-electron chi connectivity index (χ2n) is 11.9.